The van der Waals surface area contributed by atoms with E-state index >= 15 is 0 Å². The minimum absolute atomic E-state index is 0.263. The van der Waals surface area contributed by atoms with Gasteiger partial charge in [-0.2, -0.15) is 5.10 Å². The Labute approximate surface area is 293 Å². The fourth-order valence-electron chi connectivity index (χ4n) is 8.91. The molecule has 264 valence electrons. The Kier molecular flexibility index (Phi) is 9.57. The van der Waals surface area contributed by atoms with Crippen LogP contribution in [0.1, 0.15) is 57.4 Å². The van der Waals surface area contributed by atoms with Crippen LogP contribution in [0.5, 0.6) is 11.5 Å². The van der Waals surface area contributed by atoms with Gasteiger partial charge in [-0.1, -0.05) is 18.2 Å². The lowest BCUT2D eigenvalue weighted by Crippen LogP contribution is -2.54. The number of amides is 1. The maximum absolute atomic E-state index is 11.3. The molecule has 4 fully saturated rings. The standard InChI is InChI=1S/C38H49N9O3/c39-36-34-35(27-6-8-33(9-7-27)50-32-4-2-1-3-5-32)42-47(37(34)41-26-40-36)31-16-22-45(23-17-31)29-12-18-43(19-13-29)28-10-20-44(21-11-28)30-14-24-46(25-15-30)38(48)49/h1-9,26,28-31H,10-25H2,(H,48,49)(H2,39,40,41). The Morgan fingerprint density at radius 1 is 0.660 bits per heavy atom. The molecule has 4 aromatic rings. The van der Waals surface area contributed by atoms with Crippen molar-refractivity contribution in [3.8, 4) is 22.8 Å². The molecule has 0 spiro atoms. The molecule has 50 heavy (non-hydrogen) atoms. The minimum Gasteiger partial charge on any atom is -0.465 e. The van der Waals surface area contributed by atoms with Gasteiger partial charge in [0, 0.05) is 49.9 Å². The van der Waals surface area contributed by atoms with Crippen molar-refractivity contribution in [2.75, 3.05) is 58.1 Å². The summed E-state index contributed by atoms with van der Waals surface area (Å²) >= 11 is 0. The summed E-state index contributed by atoms with van der Waals surface area (Å²) in [7, 11) is 0. The molecule has 0 aliphatic carbocycles. The number of aromatic nitrogens is 4. The van der Waals surface area contributed by atoms with Crippen molar-refractivity contribution in [2.45, 2.75) is 75.5 Å². The van der Waals surface area contributed by atoms with Crippen LogP contribution in [0.4, 0.5) is 10.6 Å². The number of carboxylic acid groups (broad SMARTS) is 1. The molecule has 1 amide bonds. The third kappa shape index (κ3) is 6.88. The Balaban J connectivity index is 0.846. The van der Waals surface area contributed by atoms with Crippen molar-refractivity contribution in [1.82, 2.24) is 39.3 Å². The highest BCUT2D eigenvalue weighted by Crippen LogP contribution is 2.36. The van der Waals surface area contributed by atoms with Crippen LogP contribution in [0.25, 0.3) is 22.3 Å². The summed E-state index contributed by atoms with van der Waals surface area (Å²) in [6.07, 6.45) is 9.72. The molecule has 12 nitrogen and oxygen atoms in total. The molecule has 4 aliphatic heterocycles. The third-order valence-corrected chi connectivity index (χ3v) is 11.8. The highest BCUT2D eigenvalue weighted by atomic mass is 16.5. The van der Waals surface area contributed by atoms with Gasteiger partial charge in [-0.05, 0) is 114 Å². The molecule has 12 heteroatoms. The van der Waals surface area contributed by atoms with Gasteiger partial charge >= 0.3 is 6.09 Å². The lowest BCUT2D eigenvalue weighted by molar-refractivity contribution is 0.0267. The van der Waals surface area contributed by atoms with E-state index in [1.807, 2.05) is 54.6 Å². The fraction of sp³-hybridized carbons (Fsp3) is 0.526. The molecule has 0 radical (unpaired) electrons. The SMILES string of the molecule is Nc1ncnc2c1c(-c1ccc(Oc3ccccc3)cc1)nn2C1CCN(C2CCN(C3CCN(C4CCN(C(=O)O)CC4)CC3)CC2)CC1. The van der Waals surface area contributed by atoms with Crippen molar-refractivity contribution in [3.05, 3.63) is 60.9 Å². The van der Waals surface area contributed by atoms with Crippen LogP contribution in [0.3, 0.4) is 0 Å². The van der Waals surface area contributed by atoms with E-state index in [1.165, 1.54) is 38.8 Å². The molecule has 0 unspecified atom stereocenters. The average molecular weight is 680 g/mol. The normalized spacial score (nSPS) is 21.6. The molecule has 3 N–H and O–H groups in total. The number of benzene rings is 2. The van der Waals surface area contributed by atoms with E-state index in [1.54, 1.807) is 11.2 Å². The van der Waals surface area contributed by atoms with Gasteiger partial charge in [0.25, 0.3) is 0 Å². The predicted molar refractivity (Wildman–Crippen MR) is 193 cm³/mol. The van der Waals surface area contributed by atoms with Gasteiger partial charge in [0.1, 0.15) is 29.3 Å². The number of ether oxygens (including phenoxy) is 1. The number of nitrogens with zero attached hydrogens (tertiary/aromatic N) is 8. The first-order valence-electron chi connectivity index (χ1n) is 18.5. The highest BCUT2D eigenvalue weighted by molar-refractivity contribution is 5.98. The molecule has 0 saturated carbocycles. The number of hydrogen-bond acceptors (Lipinski definition) is 9. The van der Waals surface area contributed by atoms with E-state index in [4.69, 9.17) is 15.6 Å². The minimum atomic E-state index is -0.773. The Morgan fingerprint density at radius 2 is 1.16 bits per heavy atom. The zero-order chi connectivity index (χ0) is 34.0. The molecule has 2 aromatic carbocycles. The van der Waals surface area contributed by atoms with Gasteiger partial charge in [-0.25, -0.2) is 19.4 Å². The number of nitrogens with two attached hydrogens (primary N) is 1. The van der Waals surface area contributed by atoms with Crippen LogP contribution in [-0.2, 0) is 0 Å². The number of nitrogen functional groups attached to an aromatic ring is 1. The summed E-state index contributed by atoms with van der Waals surface area (Å²) in [5.41, 5.74) is 9.03. The highest BCUT2D eigenvalue weighted by Gasteiger charge is 2.35. The van der Waals surface area contributed by atoms with Crippen LogP contribution in [0, 0.1) is 0 Å². The summed E-state index contributed by atoms with van der Waals surface area (Å²) in [5, 5.41) is 15.2. The second-order valence-corrected chi connectivity index (χ2v) is 14.5. The summed E-state index contributed by atoms with van der Waals surface area (Å²) in [4.78, 5) is 30.0. The average Bonchev–Trinajstić information content (AvgIpc) is 3.57. The van der Waals surface area contributed by atoms with Crippen LogP contribution in [0.2, 0.25) is 0 Å². The van der Waals surface area contributed by atoms with E-state index in [0.29, 0.717) is 37.0 Å². The molecule has 6 heterocycles. The van der Waals surface area contributed by atoms with E-state index in [9.17, 15) is 9.90 Å². The first-order valence-corrected chi connectivity index (χ1v) is 18.5. The maximum atomic E-state index is 11.3. The largest absolute Gasteiger partial charge is 0.465 e. The number of fused-ring (bicyclic) bond motifs is 1. The summed E-state index contributed by atoms with van der Waals surface area (Å²) in [6, 6.07) is 19.9. The monoisotopic (exact) mass is 679 g/mol. The lowest BCUT2D eigenvalue weighted by atomic mass is 9.93. The van der Waals surface area contributed by atoms with Gasteiger partial charge in [0.2, 0.25) is 0 Å². The van der Waals surface area contributed by atoms with Crippen LogP contribution in [0.15, 0.2) is 60.9 Å². The van der Waals surface area contributed by atoms with Crippen LogP contribution >= 0.6 is 0 Å². The fourth-order valence-corrected chi connectivity index (χ4v) is 8.91. The first kappa shape index (κ1) is 32.9. The summed E-state index contributed by atoms with van der Waals surface area (Å²) < 4.78 is 8.12. The van der Waals surface area contributed by atoms with Crippen LogP contribution in [-0.4, -0.2) is 121 Å². The summed E-state index contributed by atoms with van der Waals surface area (Å²) in [6.45, 7) is 8.14. The summed E-state index contributed by atoms with van der Waals surface area (Å²) in [5.74, 6) is 2.02. The van der Waals surface area contributed by atoms with Gasteiger partial charge in [0.05, 0.1) is 11.4 Å². The van der Waals surface area contributed by atoms with Crippen molar-refractivity contribution in [2.24, 2.45) is 0 Å². The van der Waals surface area contributed by atoms with Crippen molar-refractivity contribution in [3.63, 3.8) is 0 Å². The number of piperidine rings is 4. The number of likely N-dealkylation sites (tertiary alicyclic amines) is 4. The quantitative estimate of drug-likeness (QED) is 0.256. The molecule has 4 saturated heterocycles. The third-order valence-electron chi connectivity index (χ3n) is 11.8. The Hall–Kier alpha value is -4.26. The topological polar surface area (TPSA) is 129 Å². The van der Waals surface area contributed by atoms with Crippen LogP contribution < -0.4 is 10.5 Å². The number of para-hydroxylation sites is 1. The van der Waals surface area contributed by atoms with E-state index in [2.05, 4.69) is 29.3 Å². The zero-order valence-corrected chi connectivity index (χ0v) is 28.8. The van der Waals surface area contributed by atoms with E-state index in [0.717, 1.165) is 85.7 Å². The number of rotatable bonds is 7. The second-order valence-electron chi connectivity index (χ2n) is 14.5. The van der Waals surface area contributed by atoms with Gasteiger partial charge in [0.15, 0.2) is 5.65 Å². The predicted octanol–water partition coefficient (Wildman–Crippen LogP) is 5.58. The second kappa shape index (κ2) is 14.5. The number of carbonyl (C=O) groups is 1. The van der Waals surface area contributed by atoms with E-state index in [-0.39, 0.29) is 6.04 Å². The van der Waals surface area contributed by atoms with E-state index < -0.39 is 6.09 Å². The number of hydrogen-bond donors (Lipinski definition) is 2. The van der Waals surface area contributed by atoms with Crippen molar-refractivity contribution >= 4 is 22.9 Å². The molecule has 4 aliphatic rings. The van der Waals surface area contributed by atoms with Gasteiger partial charge < -0.3 is 35.2 Å². The van der Waals surface area contributed by atoms with Gasteiger partial charge in [-0.3, -0.25) is 0 Å². The smallest absolute Gasteiger partial charge is 0.407 e. The maximum Gasteiger partial charge on any atom is 0.407 e. The van der Waals surface area contributed by atoms with Crippen molar-refractivity contribution in [1.29, 1.82) is 0 Å². The van der Waals surface area contributed by atoms with Gasteiger partial charge in [-0.15, -0.1) is 0 Å². The Morgan fingerprint density at radius 3 is 1.70 bits per heavy atom. The molecule has 8 rings (SSSR count). The molecule has 0 bridgehead atoms. The first-order chi connectivity index (χ1) is 24.5. The zero-order valence-electron chi connectivity index (χ0n) is 28.8. The van der Waals surface area contributed by atoms with Crippen molar-refractivity contribution < 1.29 is 14.6 Å². The molecular weight excluding hydrogens is 630 g/mol. The number of anilines is 1. The molecule has 2 aromatic heterocycles. The lowest BCUT2D eigenvalue weighted by Gasteiger charge is -2.47. The Bertz CT molecular complexity index is 1730. The molecular formula is C38H49N9O3. The molecule has 0 atom stereocenters.